The highest BCUT2D eigenvalue weighted by Crippen LogP contribution is 2.29. The lowest BCUT2D eigenvalue weighted by Gasteiger charge is -2.25. The molecule has 1 atom stereocenters. The molecule has 0 saturated carbocycles. The van der Waals surface area contributed by atoms with E-state index >= 15 is 0 Å². The third-order valence-corrected chi connectivity index (χ3v) is 5.38. The average Bonchev–Trinajstić information content (AvgIpc) is 2.74. The molecule has 172 valence electrons. The van der Waals surface area contributed by atoms with E-state index in [2.05, 4.69) is 11.4 Å². The number of aromatic nitrogens is 2. The fraction of sp³-hybridized carbons (Fsp3) is 0.333. The van der Waals surface area contributed by atoms with Gasteiger partial charge in [-0.05, 0) is 57.5 Å². The van der Waals surface area contributed by atoms with Gasteiger partial charge in [0.2, 0.25) is 0 Å². The Kier molecular flexibility index (Phi) is 7.31. The summed E-state index contributed by atoms with van der Waals surface area (Å²) in [4.78, 5) is 31.0. The zero-order valence-electron chi connectivity index (χ0n) is 18.8. The number of rotatable bonds is 5. The van der Waals surface area contributed by atoms with E-state index in [1.54, 1.807) is 51.1 Å². The number of hydrogen-bond acceptors (Lipinski definition) is 5. The van der Waals surface area contributed by atoms with Gasteiger partial charge in [-0.2, -0.15) is 5.26 Å². The minimum absolute atomic E-state index is 0.155. The van der Waals surface area contributed by atoms with Gasteiger partial charge in [0.15, 0.2) is 0 Å². The van der Waals surface area contributed by atoms with Crippen LogP contribution < -0.4 is 10.9 Å². The van der Waals surface area contributed by atoms with Crippen molar-refractivity contribution in [3.05, 3.63) is 68.2 Å². The highest BCUT2D eigenvalue weighted by atomic mass is 35.5. The maximum atomic E-state index is 13.7. The molecule has 9 heteroatoms. The molecule has 0 spiro atoms. The SMILES string of the molecule is CCC[C@H](NC(=O)OC(C)(C)C)c1nc2c(Cl)ccc(Cl)c2c(=O)n1-c1cccc(C#N)c1. The summed E-state index contributed by atoms with van der Waals surface area (Å²) in [7, 11) is 0. The molecule has 0 aliphatic heterocycles. The largest absolute Gasteiger partial charge is 0.444 e. The number of carbonyl (C=O) groups excluding carboxylic acids is 1. The number of fused-ring (bicyclic) bond motifs is 1. The third-order valence-electron chi connectivity index (χ3n) is 4.76. The second-order valence-corrected chi connectivity index (χ2v) is 9.33. The van der Waals surface area contributed by atoms with Crippen LogP contribution in [0.5, 0.6) is 0 Å². The van der Waals surface area contributed by atoms with E-state index < -0.39 is 23.3 Å². The number of halogens is 2. The Morgan fingerprint density at radius 2 is 1.94 bits per heavy atom. The first-order valence-corrected chi connectivity index (χ1v) is 11.2. The molecule has 3 rings (SSSR count). The molecule has 1 aromatic heterocycles. The summed E-state index contributed by atoms with van der Waals surface area (Å²) in [6, 6.07) is 11.1. The maximum Gasteiger partial charge on any atom is 0.408 e. The average molecular weight is 487 g/mol. The van der Waals surface area contributed by atoms with Crippen molar-refractivity contribution in [1.29, 1.82) is 5.26 Å². The highest BCUT2D eigenvalue weighted by molar-refractivity contribution is 6.39. The van der Waals surface area contributed by atoms with Gasteiger partial charge in [-0.1, -0.05) is 42.6 Å². The predicted molar refractivity (Wildman–Crippen MR) is 129 cm³/mol. The molecule has 0 unspecified atom stereocenters. The molecule has 0 bridgehead atoms. The van der Waals surface area contributed by atoms with Crippen LogP contribution in [0, 0.1) is 11.3 Å². The van der Waals surface area contributed by atoms with Crippen LogP contribution in [-0.2, 0) is 4.74 Å². The van der Waals surface area contributed by atoms with E-state index in [1.807, 2.05) is 6.92 Å². The standard InChI is InChI=1S/C24H24Cl2N4O3/c1-5-7-18(28-23(32)33-24(2,3)4)21-29-20-17(26)11-10-16(25)19(20)22(31)30(21)15-9-6-8-14(12-15)13-27/h6,8-12,18H,5,7H2,1-4H3,(H,28,32)/t18-/m0/s1. The zero-order valence-corrected chi connectivity index (χ0v) is 20.3. The topological polar surface area (TPSA) is 97.0 Å². The maximum absolute atomic E-state index is 13.7. The predicted octanol–water partition coefficient (Wildman–Crippen LogP) is 5.93. The van der Waals surface area contributed by atoms with Crippen molar-refractivity contribution < 1.29 is 9.53 Å². The molecule has 7 nitrogen and oxygen atoms in total. The molecule has 0 radical (unpaired) electrons. The lowest BCUT2D eigenvalue weighted by Crippen LogP contribution is -2.38. The summed E-state index contributed by atoms with van der Waals surface area (Å²) in [5, 5.41) is 12.8. The van der Waals surface area contributed by atoms with Gasteiger partial charge in [-0.3, -0.25) is 9.36 Å². The molecule has 0 fully saturated rings. The second kappa shape index (κ2) is 9.82. The van der Waals surface area contributed by atoms with Crippen molar-refractivity contribution in [2.24, 2.45) is 0 Å². The van der Waals surface area contributed by atoms with E-state index in [-0.39, 0.29) is 26.8 Å². The summed E-state index contributed by atoms with van der Waals surface area (Å²) in [5.41, 5.74) is -0.120. The number of amides is 1. The van der Waals surface area contributed by atoms with E-state index in [0.717, 1.165) is 0 Å². The van der Waals surface area contributed by atoms with Crippen molar-refractivity contribution in [3.63, 3.8) is 0 Å². The second-order valence-electron chi connectivity index (χ2n) is 8.51. The Morgan fingerprint density at radius 3 is 2.58 bits per heavy atom. The van der Waals surface area contributed by atoms with Crippen LogP contribution >= 0.6 is 23.2 Å². The van der Waals surface area contributed by atoms with Gasteiger partial charge in [0.1, 0.15) is 11.4 Å². The number of ether oxygens (including phenoxy) is 1. The van der Waals surface area contributed by atoms with Gasteiger partial charge >= 0.3 is 6.09 Å². The summed E-state index contributed by atoms with van der Waals surface area (Å²) in [6.07, 6.45) is 0.535. The Labute approximate surface area is 201 Å². The van der Waals surface area contributed by atoms with Crippen molar-refractivity contribution in [2.45, 2.75) is 52.2 Å². The van der Waals surface area contributed by atoms with Crippen LogP contribution in [-0.4, -0.2) is 21.2 Å². The van der Waals surface area contributed by atoms with Gasteiger partial charge in [0.25, 0.3) is 5.56 Å². The summed E-state index contributed by atoms with van der Waals surface area (Å²) in [6.45, 7) is 7.25. The van der Waals surface area contributed by atoms with Crippen LogP contribution in [0.15, 0.2) is 41.2 Å². The lowest BCUT2D eigenvalue weighted by molar-refractivity contribution is 0.0497. The van der Waals surface area contributed by atoms with Crippen molar-refractivity contribution in [2.75, 3.05) is 0 Å². The summed E-state index contributed by atoms with van der Waals surface area (Å²) < 4.78 is 6.79. The molecule has 1 amide bonds. The Bertz CT molecular complexity index is 1310. The van der Waals surface area contributed by atoms with Crippen molar-refractivity contribution in [3.8, 4) is 11.8 Å². The lowest BCUT2D eigenvalue weighted by atomic mass is 10.1. The zero-order chi connectivity index (χ0) is 24.3. The van der Waals surface area contributed by atoms with Crippen LogP contribution in [0.1, 0.15) is 58.0 Å². The number of nitrogens with zero attached hydrogens (tertiary/aromatic N) is 3. The van der Waals surface area contributed by atoms with E-state index in [0.29, 0.717) is 24.1 Å². The monoisotopic (exact) mass is 486 g/mol. The van der Waals surface area contributed by atoms with Crippen molar-refractivity contribution >= 4 is 40.2 Å². The number of nitriles is 1. The van der Waals surface area contributed by atoms with Gasteiger partial charge < -0.3 is 10.1 Å². The molecule has 2 aromatic carbocycles. The minimum Gasteiger partial charge on any atom is -0.444 e. The van der Waals surface area contributed by atoms with Crippen LogP contribution in [0.2, 0.25) is 10.0 Å². The Morgan fingerprint density at radius 1 is 1.24 bits per heavy atom. The molecule has 0 aliphatic carbocycles. The number of carbonyl (C=O) groups is 1. The highest BCUT2D eigenvalue weighted by Gasteiger charge is 2.26. The molecular formula is C24H24Cl2N4O3. The molecule has 0 saturated heterocycles. The van der Waals surface area contributed by atoms with Gasteiger partial charge in [0.05, 0.1) is 44.3 Å². The third kappa shape index (κ3) is 5.47. The molecule has 0 aliphatic rings. The molecule has 1 heterocycles. The van der Waals surface area contributed by atoms with Crippen LogP contribution in [0.3, 0.4) is 0 Å². The number of hydrogen-bond donors (Lipinski definition) is 1. The smallest absolute Gasteiger partial charge is 0.408 e. The fourth-order valence-electron chi connectivity index (χ4n) is 3.44. The quantitative estimate of drug-likeness (QED) is 0.481. The van der Waals surface area contributed by atoms with E-state index in [9.17, 15) is 14.9 Å². The Balaban J connectivity index is 2.31. The van der Waals surface area contributed by atoms with Gasteiger partial charge in [0, 0.05) is 0 Å². The molecular weight excluding hydrogens is 463 g/mol. The number of nitrogens with one attached hydrogen (secondary N) is 1. The molecule has 1 N–H and O–H groups in total. The van der Waals surface area contributed by atoms with E-state index in [4.69, 9.17) is 32.9 Å². The summed E-state index contributed by atoms with van der Waals surface area (Å²) >= 11 is 12.7. The first-order chi connectivity index (χ1) is 15.6. The first kappa shape index (κ1) is 24.6. The normalized spacial score (nSPS) is 12.3. The Hall–Kier alpha value is -3.08. The van der Waals surface area contributed by atoms with Gasteiger partial charge in [-0.25, -0.2) is 9.78 Å². The number of benzene rings is 2. The molecule has 33 heavy (non-hydrogen) atoms. The van der Waals surface area contributed by atoms with Crippen LogP contribution in [0.25, 0.3) is 16.6 Å². The number of alkyl carbamates (subject to hydrolysis) is 1. The molecule has 3 aromatic rings. The van der Waals surface area contributed by atoms with Gasteiger partial charge in [-0.15, -0.1) is 0 Å². The van der Waals surface area contributed by atoms with Crippen LogP contribution in [0.4, 0.5) is 4.79 Å². The van der Waals surface area contributed by atoms with E-state index in [1.165, 1.54) is 10.6 Å². The van der Waals surface area contributed by atoms with Crippen molar-refractivity contribution in [1.82, 2.24) is 14.9 Å². The fourth-order valence-corrected chi connectivity index (χ4v) is 3.87. The minimum atomic E-state index is -0.699. The first-order valence-electron chi connectivity index (χ1n) is 10.5. The summed E-state index contributed by atoms with van der Waals surface area (Å²) in [5.74, 6) is 0.263.